The third kappa shape index (κ3) is 5.70. The van der Waals surface area contributed by atoms with Crippen LogP contribution in [-0.4, -0.2) is 62.9 Å². The highest BCUT2D eigenvalue weighted by atomic mass is 16.5. The van der Waals surface area contributed by atoms with Gasteiger partial charge in [0.25, 0.3) is 0 Å². The Hall–Kier alpha value is -1.67. The van der Waals surface area contributed by atoms with Crippen molar-refractivity contribution in [3.8, 4) is 0 Å². The summed E-state index contributed by atoms with van der Waals surface area (Å²) in [5, 5.41) is 6.96. The van der Waals surface area contributed by atoms with Crippen LogP contribution >= 0.6 is 0 Å². The number of hydrogen-bond donors (Lipinski definition) is 2. The molecule has 0 aromatic rings. The highest BCUT2D eigenvalue weighted by Gasteiger charge is 2.67. The molecule has 10 atom stereocenters. The van der Waals surface area contributed by atoms with Gasteiger partial charge in [-0.25, -0.2) is 0 Å². The van der Waals surface area contributed by atoms with E-state index in [2.05, 4.69) is 17.6 Å². The maximum absolute atomic E-state index is 12.6. The number of ether oxygens (including phenoxy) is 3. The zero-order valence-electron chi connectivity index (χ0n) is 23.4. The lowest BCUT2D eigenvalue weighted by atomic mass is 9.60. The van der Waals surface area contributed by atoms with Crippen molar-refractivity contribution < 1.29 is 28.6 Å². The molecule has 0 aromatic carbocycles. The van der Waals surface area contributed by atoms with Crippen LogP contribution in [0.3, 0.4) is 0 Å². The molecule has 37 heavy (non-hydrogen) atoms. The van der Waals surface area contributed by atoms with Gasteiger partial charge in [-0.3, -0.25) is 14.4 Å². The van der Waals surface area contributed by atoms with Crippen LogP contribution in [0.4, 0.5) is 0 Å². The Bertz CT molecular complexity index is 835. The molecule has 10 unspecified atom stereocenters. The van der Waals surface area contributed by atoms with Gasteiger partial charge < -0.3 is 24.8 Å². The van der Waals surface area contributed by atoms with E-state index in [0.717, 1.165) is 49.1 Å². The molecule has 0 saturated heterocycles. The Morgan fingerprint density at radius 1 is 0.838 bits per heavy atom. The molecule has 0 radical (unpaired) electrons. The summed E-state index contributed by atoms with van der Waals surface area (Å²) in [6.45, 7) is 12.5. The average molecular weight is 521 g/mol. The molecule has 4 aliphatic carbocycles. The van der Waals surface area contributed by atoms with Gasteiger partial charge in [0, 0.05) is 6.54 Å². The summed E-state index contributed by atoms with van der Waals surface area (Å²) < 4.78 is 15.6. The van der Waals surface area contributed by atoms with Gasteiger partial charge in [-0.05, 0) is 106 Å². The lowest BCUT2D eigenvalue weighted by molar-refractivity contribution is -0.152. The van der Waals surface area contributed by atoms with Crippen molar-refractivity contribution in [2.75, 3.05) is 32.9 Å². The van der Waals surface area contributed by atoms with Crippen LogP contribution in [0.25, 0.3) is 0 Å². The molecular weight excluding hydrogens is 472 g/mol. The minimum Gasteiger partial charge on any atom is -0.466 e. The van der Waals surface area contributed by atoms with Crippen molar-refractivity contribution in [3.63, 3.8) is 0 Å². The minimum atomic E-state index is -0.660. The summed E-state index contributed by atoms with van der Waals surface area (Å²) in [4.78, 5) is 36.9. The van der Waals surface area contributed by atoms with Crippen LogP contribution in [0.15, 0.2) is 0 Å². The zero-order chi connectivity index (χ0) is 26.7. The highest BCUT2D eigenvalue weighted by Crippen LogP contribution is 2.72. The number of nitrogens with one attached hydrogen (secondary N) is 2. The lowest BCUT2D eigenvalue weighted by Crippen LogP contribution is -2.50. The van der Waals surface area contributed by atoms with Crippen LogP contribution in [0.2, 0.25) is 0 Å². The van der Waals surface area contributed by atoms with Crippen molar-refractivity contribution in [2.45, 2.75) is 85.2 Å². The average Bonchev–Trinajstić information content (AvgIpc) is 3.61. The van der Waals surface area contributed by atoms with Gasteiger partial charge in [-0.1, -0.05) is 13.8 Å². The van der Waals surface area contributed by atoms with Crippen LogP contribution in [-0.2, 0) is 28.6 Å². The molecule has 4 aliphatic rings. The maximum Gasteiger partial charge on any atom is 0.323 e. The van der Waals surface area contributed by atoms with Crippen molar-refractivity contribution in [3.05, 3.63) is 0 Å². The molecule has 8 heteroatoms. The Kier molecular flexibility index (Phi) is 9.21. The molecule has 0 spiro atoms. The second kappa shape index (κ2) is 12.0. The number of esters is 3. The molecule has 0 aliphatic heterocycles. The predicted octanol–water partition coefficient (Wildman–Crippen LogP) is 3.33. The number of hydrogen-bond acceptors (Lipinski definition) is 8. The third-order valence-corrected chi connectivity index (χ3v) is 10.1. The fourth-order valence-corrected chi connectivity index (χ4v) is 8.80. The standard InChI is InChI=1S/C29H48N2O6/c1-6-22(27(33)36-8-3)30-15-19-10-17-11-20(19)25-18-12-21(26(17)25)29(5,14-18)16-31-23(28(34)37-9-4)13-24(32)35-7-2/h17-23,25-26,30-31H,6-16H2,1-5H3. The molecule has 0 heterocycles. The van der Waals surface area contributed by atoms with Crippen molar-refractivity contribution in [1.82, 2.24) is 10.6 Å². The van der Waals surface area contributed by atoms with E-state index in [9.17, 15) is 14.4 Å². The van der Waals surface area contributed by atoms with Crippen molar-refractivity contribution in [1.29, 1.82) is 0 Å². The first kappa shape index (κ1) is 28.3. The second-order valence-corrected chi connectivity index (χ2v) is 12.1. The molecule has 4 fully saturated rings. The normalized spacial score (nSPS) is 36.7. The van der Waals surface area contributed by atoms with Crippen LogP contribution in [0.1, 0.15) is 73.1 Å². The fraction of sp³-hybridized carbons (Fsp3) is 0.897. The van der Waals surface area contributed by atoms with Crippen molar-refractivity contribution in [2.24, 2.45) is 46.8 Å². The minimum absolute atomic E-state index is 0.00678. The summed E-state index contributed by atoms with van der Waals surface area (Å²) in [5.41, 5.74) is 0.126. The zero-order valence-corrected chi connectivity index (χ0v) is 23.4. The van der Waals surface area contributed by atoms with Gasteiger partial charge in [0.2, 0.25) is 0 Å². The van der Waals surface area contributed by atoms with E-state index in [1.807, 2.05) is 13.8 Å². The van der Waals surface area contributed by atoms with E-state index in [1.54, 1.807) is 13.8 Å². The Morgan fingerprint density at radius 3 is 2.16 bits per heavy atom. The van der Waals surface area contributed by atoms with Gasteiger partial charge in [0.1, 0.15) is 12.1 Å². The molecule has 8 nitrogen and oxygen atoms in total. The van der Waals surface area contributed by atoms with Gasteiger partial charge in [0.05, 0.1) is 26.2 Å². The first-order chi connectivity index (χ1) is 17.8. The molecule has 0 aromatic heterocycles. The molecule has 4 saturated carbocycles. The quantitative estimate of drug-likeness (QED) is 0.204. The van der Waals surface area contributed by atoms with E-state index >= 15 is 0 Å². The van der Waals surface area contributed by atoms with Gasteiger partial charge in [-0.2, -0.15) is 0 Å². The Morgan fingerprint density at radius 2 is 1.51 bits per heavy atom. The van der Waals surface area contributed by atoms with Crippen LogP contribution in [0, 0.1) is 46.8 Å². The summed E-state index contributed by atoms with van der Waals surface area (Å²) in [6, 6.07) is -0.863. The topological polar surface area (TPSA) is 103 Å². The van der Waals surface area contributed by atoms with E-state index in [0.29, 0.717) is 31.7 Å². The van der Waals surface area contributed by atoms with Crippen LogP contribution in [0.5, 0.6) is 0 Å². The monoisotopic (exact) mass is 520 g/mol. The number of carbonyl (C=O) groups is 3. The lowest BCUT2D eigenvalue weighted by Gasteiger charge is -2.47. The number of rotatable bonds is 14. The van der Waals surface area contributed by atoms with Gasteiger partial charge in [0.15, 0.2) is 0 Å². The molecular formula is C29H48N2O6. The summed E-state index contributed by atoms with van der Waals surface area (Å²) in [6.07, 6.45) is 5.78. The molecule has 4 bridgehead atoms. The molecule has 210 valence electrons. The SMILES string of the molecule is CCOC(=O)CC(NCC1(C)CC2CC1C1C3CC(CNC(CC)C(=O)OCC)C(C3)C21)C(=O)OCC. The van der Waals surface area contributed by atoms with E-state index < -0.39 is 6.04 Å². The van der Waals surface area contributed by atoms with E-state index in [1.165, 1.54) is 25.7 Å². The smallest absolute Gasteiger partial charge is 0.323 e. The second-order valence-electron chi connectivity index (χ2n) is 12.1. The predicted molar refractivity (Wildman–Crippen MR) is 139 cm³/mol. The highest BCUT2D eigenvalue weighted by molar-refractivity contribution is 5.82. The van der Waals surface area contributed by atoms with E-state index in [4.69, 9.17) is 14.2 Å². The Balaban J connectivity index is 1.34. The first-order valence-electron chi connectivity index (χ1n) is 14.7. The number of fused-ring (bicyclic) bond motifs is 9. The third-order valence-electron chi connectivity index (χ3n) is 10.1. The number of carbonyl (C=O) groups excluding carboxylic acids is 3. The van der Waals surface area contributed by atoms with Crippen LogP contribution < -0.4 is 10.6 Å². The van der Waals surface area contributed by atoms with Gasteiger partial charge >= 0.3 is 17.9 Å². The van der Waals surface area contributed by atoms with E-state index in [-0.39, 0.29) is 35.8 Å². The fourth-order valence-electron chi connectivity index (χ4n) is 8.80. The molecule has 2 N–H and O–H groups in total. The van der Waals surface area contributed by atoms with Crippen molar-refractivity contribution >= 4 is 17.9 Å². The molecule has 4 rings (SSSR count). The summed E-state index contributed by atoms with van der Waals surface area (Å²) in [7, 11) is 0. The maximum atomic E-state index is 12.6. The summed E-state index contributed by atoms with van der Waals surface area (Å²) >= 11 is 0. The van der Waals surface area contributed by atoms with Gasteiger partial charge in [-0.15, -0.1) is 0 Å². The summed E-state index contributed by atoms with van der Waals surface area (Å²) in [5.74, 6) is 4.26. The largest absolute Gasteiger partial charge is 0.466 e. The first-order valence-corrected chi connectivity index (χ1v) is 14.7. The molecule has 0 amide bonds. The Labute approximate surface area is 222 Å².